The average Bonchev–Trinajstić information content (AvgIpc) is 2.67. The monoisotopic (exact) mass is 204 g/mol. The van der Waals surface area contributed by atoms with Gasteiger partial charge in [0.25, 0.3) is 0 Å². The fraction of sp³-hybridized carbons (Fsp3) is 0.429. The number of halogens is 1. The number of allylic oxidation sites excluding steroid dienone is 2. The van der Waals surface area contributed by atoms with E-state index in [0.717, 1.165) is 12.0 Å². The van der Waals surface area contributed by atoms with Gasteiger partial charge in [-0.15, -0.1) is 0 Å². The second-order valence-corrected chi connectivity index (χ2v) is 4.20. The molecule has 1 aliphatic carbocycles. The van der Waals surface area contributed by atoms with Gasteiger partial charge in [0.1, 0.15) is 5.82 Å². The van der Waals surface area contributed by atoms with Gasteiger partial charge in [0.15, 0.2) is 0 Å². The van der Waals surface area contributed by atoms with Gasteiger partial charge >= 0.3 is 0 Å². The van der Waals surface area contributed by atoms with E-state index in [-0.39, 0.29) is 5.82 Å². The lowest BCUT2D eigenvalue weighted by molar-refractivity contribution is 0.572. The van der Waals surface area contributed by atoms with E-state index >= 15 is 0 Å². The first-order valence-corrected chi connectivity index (χ1v) is 5.78. The zero-order valence-electron chi connectivity index (χ0n) is 9.17. The van der Waals surface area contributed by atoms with E-state index in [2.05, 4.69) is 13.0 Å². The van der Waals surface area contributed by atoms with Crippen molar-refractivity contribution in [3.05, 3.63) is 41.7 Å². The molecule has 1 aromatic rings. The van der Waals surface area contributed by atoms with Gasteiger partial charge in [-0.3, -0.25) is 0 Å². The topological polar surface area (TPSA) is 0 Å². The van der Waals surface area contributed by atoms with Crippen molar-refractivity contribution in [2.75, 3.05) is 0 Å². The normalized spacial score (nSPS) is 20.4. The lowest BCUT2D eigenvalue weighted by Crippen LogP contribution is -2.00. The lowest BCUT2D eigenvalue weighted by Gasteiger charge is -2.14. The van der Waals surface area contributed by atoms with Crippen molar-refractivity contribution in [1.82, 2.24) is 0 Å². The van der Waals surface area contributed by atoms with Crippen molar-refractivity contribution < 1.29 is 4.39 Å². The molecule has 1 heteroatoms. The van der Waals surface area contributed by atoms with Crippen LogP contribution in [-0.4, -0.2) is 0 Å². The van der Waals surface area contributed by atoms with Gasteiger partial charge in [-0.25, -0.2) is 4.39 Å². The molecular weight excluding hydrogens is 187 g/mol. The maximum Gasteiger partial charge on any atom is 0.130 e. The summed E-state index contributed by atoms with van der Waals surface area (Å²) in [5.74, 6) is 0.499. The average molecular weight is 204 g/mol. The Morgan fingerprint density at radius 3 is 2.87 bits per heavy atom. The molecule has 0 bridgehead atoms. The van der Waals surface area contributed by atoms with Gasteiger partial charge in [0.2, 0.25) is 0 Å². The molecule has 0 spiro atoms. The molecule has 0 radical (unpaired) electrons. The molecule has 0 fully saturated rings. The maximum atomic E-state index is 13.6. The molecule has 2 rings (SSSR count). The van der Waals surface area contributed by atoms with Crippen molar-refractivity contribution in [3.8, 4) is 0 Å². The Balaban J connectivity index is 2.27. The molecule has 0 saturated heterocycles. The molecule has 15 heavy (non-hydrogen) atoms. The smallest absolute Gasteiger partial charge is 0.130 e. The minimum absolute atomic E-state index is 0.0771. The number of rotatable bonds is 3. The van der Waals surface area contributed by atoms with Crippen LogP contribution in [0.5, 0.6) is 0 Å². The summed E-state index contributed by atoms with van der Waals surface area (Å²) < 4.78 is 13.6. The van der Waals surface area contributed by atoms with Crippen LogP contribution in [-0.2, 0) is 0 Å². The first-order valence-electron chi connectivity index (χ1n) is 5.78. The highest BCUT2D eigenvalue weighted by molar-refractivity contribution is 5.69. The van der Waals surface area contributed by atoms with Gasteiger partial charge < -0.3 is 0 Å². The van der Waals surface area contributed by atoms with Gasteiger partial charge in [0, 0.05) is 5.56 Å². The van der Waals surface area contributed by atoms with Gasteiger partial charge in [-0.2, -0.15) is 0 Å². The molecule has 0 N–H and O–H groups in total. The second kappa shape index (κ2) is 4.61. The minimum Gasteiger partial charge on any atom is -0.206 e. The molecule has 0 aromatic heterocycles. The Bertz CT molecular complexity index is 365. The van der Waals surface area contributed by atoms with E-state index < -0.39 is 0 Å². The summed E-state index contributed by atoms with van der Waals surface area (Å²) in [6.07, 6.45) is 6.86. The number of hydrogen-bond donors (Lipinski definition) is 0. The Hall–Kier alpha value is -1.11. The van der Waals surface area contributed by atoms with Crippen LogP contribution in [0, 0.1) is 11.7 Å². The molecule has 1 aliphatic rings. The number of benzene rings is 1. The standard InChI is InChI=1S/C14H17F/c1-2-6-11-7-5-9-12(11)13-8-3-4-10-14(13)15/h3-4,8-11H,2,5-7H2,1H3. The molecule has 0 heterocycles. The largest absolute Gasteiger partial charge is 0.206 e. The van der Waals surface area contributed by atoms with Gasteiger partial charge in [0.05, 0.1) is 0 Å². The zero-order chi connectivity index (χ0) is 10.7. The lowest BCUT2D eigenvalue weighted by atomic mass is 9.91. The SMILES string of the molecule is CCCC1CCC=C1c1ccccc1F. The molecule has 0 saturated carbocycles. The van der Waals surface area contributed by atoms with Crippen molar-refractivity contribution in [2.24, 2.45) is 5.92 Å². The summed E-state index contributed by atoms with van der Waals surface area (Å²) >= 11 is 0. The van der Waals surface area contributed by atoms with E-state index in [1.165, 1.54) is 24.8 Å². The van der Waals surface area contributed by atoms with E-state index in [1.54, 1.807) is 12.1 Å². The summed E-state index contributed by atoms with van der Waals surface area (Å²) in [5.41, 5.74) is 2.04. The Morgan fingerprint density at radius 2 is 2.13 bits per heavy atom. The van der Waals surface area contributed by atoms with Crippen LogP contribution in [0.15, 0.2) is 30.3 Å². The van der Waals surface area contributed by atoms with Crippen LogP contribution in [0.3, 0.4) is 0 Å². The highest BCUT2D eigenvalue weighted by Gasteiger charge is 2.21. The third-order valence-corrected chi connectivity index (χ3v) is 3.14. The van der Waals surface area contributed by atoms with Crippen LogP contribution < -0.4 is 0 Å². The molecule has 1 atom stereocenters. The Labute approximate surface area is 90.8 Å². The van der Waals surface area contributed by atoms with Crippen molar-refractivity contribution >= 4 is 5.57 Å². The van der Waals surface area contributed by atoms with Crippen molar-refractivity contribution in [3.63, 3.8) is 0 Å². The van der Waals surface area contributed by atoms with Crippen molar-refractivity contribution in [2.45, 2.75) is 32.6 Å². The molecule has 1 aromatic carbocycles. The van der Waals surface area contributed by atoms with Crippen LogP contribution in [0.4, 0.5) is 4.39 Å². The highest BCUT2D eigenvalue weighted by Crippen LogP contribution is 2.37. The second-order valence-electron chi connectivity index (χ2n) is 4.20. The van der Waals surface area contributed by atoms with Crippen LogP contribution >= 0.6 is 0 Å². The highest BCUT2D eigenvalue weighted by atomic mass is 19.1. The van der Waals surface area contributed by atoms with Crippen LogP contribution in [0.2, 0.25) is 0 Å². The van der Waals surface area contributed by atoms with Crippen LogP contribution in [0.25, 0.3) is 5.57 Å². The predicted molar refractivity (Wildman–Crippen MR) is 62.0 cm³/mol. The first kappa shape index (κ1) is 10.4. The molecule has 80 valence electrons. The zero-order valence-corrected chi connectivity index (χ0v) is 9.17. The molecule has 0 amide bonds. The fourth-order valence-corrected chi connectivity index (χ4v) is 2.44. The molecule has 0 nitrogen and oxygen atoms in total. The third kappa shape index (κ3) is 2.11. The summed E-state index contributed by atoms with van der Waals surface area (Å²) in [7, 11) is 0. The van der Waals surface area contributed by atoms with E-state index in [0.29, 0.717) is 5.92 Å². The summed E-state index contributed by atoms with van der Waals surface area (Å²) in [5, 5.41) is 0. The van der Waals surface area contributed by atoms with E-state index in [1.807, 2.05) is 12.1 Å². The van der Waals surface area contributed by atoms with Gasteiger partial charge in [-0.05, 0) is 36.8 Å². The summed E-state index contributed by atoms with van der Waals surface area (Å²) in [6, 6.07) is 7.12. The summed E-state index contributed by atoms with van der Waals surface area (Å²) in [4.78, 5) is 0. The Kier molecular flexibility index (Phi) is 3.20. The van der Waals surface area contributed by atoms with E-state index in [9.17, 15) is 4.39 Å². The number of hydrogen-bond acceptors (Lipinski definition) is 0. The molecular formula is C14H17F. The third-order valence-electron chi connectivity index (χ3n) is 3.14. The molecule has 0 aliphatic heterocycles. The van der Waals surface area contributed by atoms with Crippen molar-refractivity contribution in [1.29, 1.82) is 0 Å². The Morgan fingerprint density at radius 1 is 1.33 bits per heavy atom. The van der Waals surface area contributed by atoms with E-state index in [4.69, 9.17) is 0 Å². The summed E-state index contributed by atoms with van der Waals surface area (Å²) in [6.45, 7) is 2.19. The maximum absolute atomic E-state index is 13.6. The quantitative estimate of drug-likeness (QED) is 0.683. The fourth-order valence-electron chi connectivity index (χ4n) is 2.44. The van der Waals surface area contributed by atoms with Gasteiger partial charge in [-0.1, -0.05) is 37.6 Å². The molecule has 1 unspecified atom stereocenters. The van der Waals surface area contributed by atoms with Crippen LogP contribution in [0.1, 0.15) is 38.2 Å². The minimum atomic E-state index is -0.0771. The first-order chi connectivity index (χ1) is 7.33. The predicted octanol–water partition coefficient (Wildman–Crippen LogP) is 4.42.